The Morgan fingerprint density at radius 1 is 1.32 bits per heavy atom. The molecule has 3 amide bonds. The zero-order chi connectivity index (χ0) is 19.9. The average Bonchev–Trinajstić information content (AvgIpc) is 2.98. The van der Waals surface area contributed by atoms with Crippen LogP contribution in [0.1, 0.15) is 36.0 Å². The Labute approximate surface area is 165 Å². The quantitative estimate of drug-likeness (QED) is 0.819. The Bertz CT molecular complexity index is 862. The molecule has 2 fully saturated rings. The van der Waals surface area contributed by atoms with Crippen LogP contribution in [-0.4, -0.2) is 58.8 Å². The Kier molecular flexibility index (Phi) is 4.78. The molecule has 1 N–H and O–H groups in total. The highest BCUT2D eigenvalue weighted by atomic mass is 32.2. The lowest BCUT2D eigenvalue weighted by Gasteiger charge is -2.44. The van der Waals surface area contributed by atoms with E-state index in [-0.39, 0.29) is 24.5 Å². The lowest BCUT2D eigenvalue weighted by molar-refractivity contribution is -0.136. The van der Waals surface area contributed by atoms with Crippen molar-refractivity contribution < 1.29 is 28.7 Å². The van der Waals surface area contributed by atoms with Crippen molar-refractivity contribution >= 4 is 34.6 Å². The molecule has 0 aromatic heterocycles. The summed E-state index contributed by atoms with van der Waals surface area (Å²) >= 11 is 0.855. The van der Waals surface area contributed by atoms with E-state index in [1.54, 1.807) is 30.2 Å². The number of rotatable bonds is 3. The number of thioether (sulfide) groups is 1. The first-order chi connectivity index (χ1) is 13.4. The van der Waals surface area contributed by atoms with Gasteiger partial charge in [-0.2, -0.15) is 0 Å². The number of hydrogen-bond acceptors (Lipinski definition) is 7. The number of likely N-dealkylation sites (tertiary alicyclic amines) is 1. The van der Waals surface area contributed by atoms with E-state index in [0.29, 0.717) is 43.0 Å². The number of carbonyl (C=O) groups is 4. The molecule has 0 radical (unpaired) electrons. The van der Waals surface area contributed by atoms with Crippen LogP contribution in [0.15, 0.2) is 18.2 Å². The zero-order valence-electron chi connectivity index (χ0n) is 15.4. The fourth-order valence-corrected chi connectivity index (χ4v) is 4.67. The van der Waals surface area contributed by atoms with E-state index in [9.17, 15) is 19.2 Å². The van der Waals surface area contributed by atoms with Crippen molar-refractivity contribution in [3.05, 3.63) is 23.8 Å². The number of nitrogens with zero attached hydrogens (tertiary/aromatic N) is 1. The lowest BCUT2D eigenvalue weighted by Crippen LogP contribution is -2.52. The van der Waals surface area contributed by atoms with Crippen LogP contribution >= 0.6 is 11.8 Å². The average molecular weight is 404 g/mol. The molecule has 0 aliphatic carbocycles. The Hall–Kier alpha value is -2.55. The van der Waals surface area contributed by atoms with Crippen LogP contribution in [0.5, 0.6) is 11.5 Å². The van der Waals surface area contributed by atoms with E-state index in [2.05, 4.69) is 5.32 Å². The molecule has 0 bridgehead atoms. The van der Waals surface area contributed by atoms with Crippen molar-refractivity contribution in [2.24, 2.45) is 0 Å². The third-order valence-electron chi connectivity index (χ3n) is 5.45. The number of carbonyl (C=O) groups excluding carboxylic acids is 4. The van der Waals surface area contributed by atoms with E-state index in [1.165, 1.54) is 0 Å². The van der Waals surface area contributed by atoms with Gasteiger partial charge < -0.3 is 14.4 Å². The molecule has 2 saturated heterocycles. The number of ether oxygens (including phenoxy) is 2. The number of piperidine rings is 1. The molecular formula is C19H20N2O6S. The van der Waals surface area contributed by atoms with E-state index >= 15 is 0 Å². The van der Waals surface area contributed by atoms with Gasteiger partial charge in [0.2, 0.25) is 11.8 Å². The summed E-state index contributed by atoms with van der Waals surface area (Å²) in [6.45, 7) is 0.886. The van der Waals surface area contributed by atoms with Crippen LogP contribution in [0.4, 0.5) is 4.79 Å². The summed E-state index contributed by atoms with van der Waals surface area (Å²) in [5.41, 5.74) is -0.0678. The van der Waals surface area contributed by atoms with Gasteiger partial charge >= 0.3 is 0 Å². The molecule has 4 rings (SSSR count). The van der Waals surface area contributed by atoms with Gasteiger partial charge in [-0.25, -0.2) is 0 Å². The summed E-state index contributed by atoms with van der Waals surface area (Å²) in [5.74, 6) is 0.595. The largest absolute Gasteiger partial charge is 0.497 e. The summed E-state index contributed by atoms with van der Waals surface area (Å²) in [4.78, 5) is 49.7. The van der Waals surface area contributed by atoms with Crippen LogP contribution in [0, 0.1) is 0 Å². The fourth-order valence-electron chi connectivity index (χ4n) is 3.86. The summed E-state index contributed by atoms with van der Waals surface area (Å²) in [6.07, 6.45) is 1.34. The highest BCUT2D eigenvalue weighted by molar-refractivity contribution is 8.15. The third kappa shape index (κ3) is 3.46. The third-order valence-corrected chi connectivity index (χ3v) is 6.43. The first-order valence-electron chi connectivity index (χ1n) is 9.09. The second-order valence-electron chi connectivity index (χ2n) is 7.22. The molecule has 3 heterocycles. The van der Waals surface area contributed by atoms with Gasteiger partial charge in [0.15, 0.2) is 5.78 Å². The SMILES string of the molecule is COc1ccc2c(c1)OC1(CCN(C(=O)CC3SC(=O)NC3=O)CC1)CC2=O. The second kappa shape index (κ2) is 7.12. The number of ketones is 1. The van der Waals surface area contributed by atoms with Gasteiger partial charge in [0.25, 0.3) is 5.24 Å². The van der Waals surface area contributed by atoms with Gasteiger partial charge in [-0.3, -0.25) is 24.5 Å². The molecule has 148 valence electrons. The summed E-state index contributed by atoms with van der Waals surface area (Å²) in [6, 6.07) is 5.17. The van der Waals surface area contributed by atoms with Crippen LogP contribution in [0.3, 0.4) is 0 Å². The Morgan fingerprint density at radius 2 is 2.07 bits per heavy atom. The molecule has 8 nitrogen and oxygen atoms in total. The fraction of sp³-hybridized carbons (Fsp3) is 0.474. The van der Waals surface area contributed by atoms with E-state index in [4.69, 9.17) is 9.47 Å². The normalized spacial score (nSPS) is 23.2. The van der Waals surface area contributed by atoms with Crippen LogP contribution in [0.25, 0.3) is 0 Å². The maximum atomic E-state index is 12.6. The number of fused-ring (bicyclic) bond motifs is 1. The van der Waals surface area contributed by atoms with Crippen LogP contribution < -0.4 is 14.8 Å². The Morgan fingerprint density at radius 3 is 2.71 bits per heavy atom. The Balaban J connectivity index is 1.40. The molecule has 3 aliphatic heterocycles. The molecule has 1 atom stereocenters. The molecule has 9 heteroatoms. The van der Waals surface area contributed by atoms with Gasteiger partial charge in [0.05, 0.1) is 19.1 Å². The molecular weight excluding hydrogens is 384 g/mol. The number of imide groups is 1. The van der Waals surface area contributed by atoms with Crippen molar-refractivity contribution in [3.63, 3.8) is 0 Å². The van der Waals surface area contributed by atoms with Gasteiger partial charge in [-0.15, -0.1) is 0 Å². The molecule has 1 unspecified atom stereocenters. The van der Waals surface area contributed by atoms with Gasteiger partial charge in [0, 0.05) is 38.4 Å². The second-order valence-corrected chi connectivity index (χ2v) is 8.39. The standard InChI is InChI=1S/C19H20N2O6S/c1-26-11-2-3-12-13(22)10-19(27-14(12)8-11)4-6-21(7-5-19)16(23)9-15-17(24)20-18(25)28-15/h2-3,8,15H,4-7,9-10H2,1H3,(H,20,24,25). The number of benzene rings is 1. The number of amides is 3. The van der Waals surface area contributed by atoms with Gasteiger partial charge in [-0.05, 0) is 12.1 Å². The number of hydrogen-bond donors (Lipinski definition) is 1. The van der Waals surface area contributed by atoms with Crippen molar-refractivity contribution in [1.29, 1.82) is 0 Å². The van der Waals surface area contributed by atoms with Gasteiger partial charge in [-0.1, -0.05) is 11.8 Å². The van der Waals surface area contributed by atoms with Crippen molar-refractivity contribution in [1.82, 2.24) is 10.2 Å². The summed E-state index contributed by atoms with van der Waals surface area (Å²) in [5, 5.41) is 1.11. The molecule has 1 spiro atoms. The first kappa shape index (κ1) is 18.8. The maximum Gasteiger partial charge on any atom is 0.286 e. The van der Waals surface area contributed by atoms with Crippen molar-refractivity contribution in [2.75, 3.05) is 20.2 Å². The molecule has 28 heavy (non-hydrogen) atoms. The van der Waals surface area contributed by atoms with Crippen LogP contribution in [-0.2, 0) is 9.59 Å². The van der Waals surface area contributed by atoms with Crippen molar-refractivity contribution in [3.8, 4) is 11.5 Å². The molecule has 0 saturated carbocycles. The van der Waals surface area contributed by atoms with E-state index < -0.39 is 22.0 Å². The van der Waals surface area contributed by atoms with E-state index in [1.807, 2.05) is 0 Å². The van der Waals surface area contributed by atoms with Crippen LogP contribution in [0.2, 0.25) is 0 Å². The number of methoxy groups -OCH3 is 1. The maximum absolute atomic E-state index is 12.6. The predicted molar refractivity (Wildman–Crippen MR) is 101 cm³/mol. The lowest BCUT2D eigenvalue weighted by atomic mass is 9.82. The highest BCUT2D eigenvalue weighted by Crippen LogP contribution is 2.41. The van der Waals surface area contributed by atoms with Crippen molar-refractivity contribution in [2.45, 2.75) is 36.5 Å². The smallest absolute Gasteiger partial charge is 0.286 e. The minimum absolute atomic E-state index is 0.00490. The van der Waals surface area contributed by atoms with E-state index in [0.717, 1.165) is 11.8 Å². The number of Topliss-reactive ketones (excluding diaryl/α,β-unsaturated/α-hetero) is 1. The monoisotopic (exact) mass is 404 g/mol. The molecule has 1 aromatic rings. The molecule has 1 aromatic carbocycles. The predicted octanol–water partition coefficient (Wildman–Crippen LogP) is 1.76. The minimum atomic E-state index is -0.664. The summed E-state index contributed by atoms with van der Waals surface area (Å²) < 4.78 is 11.4. The zero-order valence-corrected chi connectivity index (χ0v) is 16.2. The highest BCUT2D eigenvalue weighted by Gasteiger charge is 2.44. The van der Waals surface area contributed by atoms with Gasteiger partial charge in [0.1, 0.15) is 22.4 Å². The topological polar surface area (TPSA) is 102 Å². The minimum Gasteiger partial charge on any atom is -0.497 e. The summed E-state index contributed by atoms with van der Waals surface area (Å²) in [7, 11) is 1.56. The number of nitrogens with one attached hydrogen (secondary N) is 1. The molecule has 3 aliphatic rings. The first-order valence-corrected chi connectivity index (χ1v) is 9.97.